The van der Waals surface area contributed by atoms with Crippen molar-refractivity contribution in [1.29, 1.82) is 0 Å². The Hall–Kier alpha value is -2.23. The standard InChI is InChI=1S/C7H7N7O2S/c1-8-6-9-2-4(14(15)16)5(12-6)17-7-10-3-11-13-7/h2-3H,1H3,(H,8,9,12)(H,10,11,13). The summed E-state index contributed by atoms with van der Waals surface area (Å²) in [4.78, 5) is 21.9. The Bertz CT molecular complexity index is 529. The maximum atomic E-state index is 10.8. The molecule has 2 N–H and O–H groups in total. The van der Waals surface area contributed by atoms with Gasteiger partial charge in [0.2, 0.25) is 5.95 Å². The van der Waals surface area contributed by atoms with Crippen molar-refractivity contribution in [3.05, 3.63) is 22.6 Å². The van der Waals surface area contributed by atoms with Crippen LogP contribution in [0.1, 0.15) is 0 Å². The van der Waals surface area contributed by atoms with Crippen molar-refractivity contribution < 1.29 is 4.92 Å². The van der Waals surface area contributed by atoms with Crippen molar-refractivity contribution in [2.24, 2.45) is 0 Å². The summed E-state index contributed by atoms with van der Waals surface area (Å²) >= 11 is 1.02. The lowest BCUT2D eigenvalue weighted by Gasteiger charge is -2.01. The van der Waals surface area contributed by atoms with Gasteiger partial charge in [-0.2, -0.15) is 10.1 Å². The average molecular weight is 253 g/mol. The van der Waals surface area contributed by atoms with Gasteiger partial charge in [0.25, 0.3) is 0 Å². The Balaban J connectivity index is 2.38. The monoisotopic (exact) mass is 253 g/mol. The maximum absolute atomic E-state index is 10.8. The first-order chi connectivity index (χ1) is 8.20. The molecule has 0 saturated carbocycles. The highest BCUT2D eigenvalue weighted by atomic mass is 32.2. The molecular formula is C7H7N7O2S. The van der Waals surface area contributed by atoms with E-state index in [0.29, 0.717) is 11.1 Å². The van der Waals surface area contributed by atoms with Crippen LogP contribution in [0.3, 0.4) is 0 Å². The van der Waals surface area contributed by atoms with E-state index in [-0.39, 0.29) is 10.7 Å². The minimum Gasteiger partial charge on any atom is -0.357 e. The topological polar surface area (TPSA) is 123 Å². The van der Waals surface area contributed by atoms with Crippen LogP contribution in [0.15, 0.2) is 22.7 Å². The van der Waals surface area contributed by atoms with Crippen LogP contribution in [0.4, 0.5) is 11.6 Å². The number of nitrogens with one attached hydrogen (secondary N) is 2. The zero-order chi connectivity index (χ0) is 12.3. The van der Waals surface area contributed by atoms with Gasteiger partial charge < -0.3 is 5.32 Å². The SMILES string of the molecule is CNc1ncc([N+](=O)[O-])c(Sc2ncn[nH]2)n1. The predicted octanol–water partition coefficient (Wildman–Crippen LogP) is 0.696. The molecule has 0 saturated heterocycles. The van der Waals surface area contributed by atoms with Gasteiger partial charge in [0.1, 0.15) is 12.5 Å². The van der Waals surface area contributed by atoms with Crippen molar-refractivity contribution in [3.8, 4) is 0 Å². The molecule has 0 fully saturated rings. The van der Waals surface area contributed by atoms with Crippen LogP contribution in [-0.4, -0.2) is 37.1 Å². The van der Waals surface area contributed by atoms with E-state index in [4.69, 9.17) is 0 Å². The van der Waals surface area contributed by atoms with Crippen LogP contribution >= 0.6 is 11.8 Å². The van der Waals surface area contributed by atoms with Crippen LogP contribution in [-0.2, 0) is 0 Å². The van der Waals surface area contributed by atoms with E-state index in [1.54, 1.807) is 7.05 Å². The molecule has 9 nitrogen and oxygen atoms in total. The molecule has 0 spiro atoms. The first kappa shape index (κ1) is 11.3. The zero-order valence-electron chi connectivity index (χ0n) is 8.62. The fraction of sp³-hybridized carbons (Fsp3) is 0.143. The Morgan fingerprint density at radius 2 is 2.35 bits per heavy atom. The molecule has 0 aliphatic carbocycles. The number of hydrogen-bond donors (Lipinski definition) is 2. The molecule has 10 heteroatoms. The summed E-state index contributed by atoms with van der Waals surface area (Å²) < 4.78 is 0. The molecule has 0 unspecified atom stereocenters. The molecule has 0 atom stereocenters. The van der Waals surface area contributed by atoms with Crippen LogP contribution in [0.2, 0.25) is 0 Å². The van der Waals surface area contributed by atoms with Gasteiger partial charge in [0, 0.05) is 7.05 Å². The molecule has 17 heavy (non-hydrogen) atoms. The number of H-pyrrole nitrogens is 1. The largest absolute Gasteiger partial charge is 0.357 e. The normalized spacial score (nSPS) is 10.2. The van der Waals surface area contributed by atoms with Gasteiger partial charge in [-0.25, -0.2) is 9.97 Å². The second-order valence-electron chi connectivity index (χ2n) is 2.78. The number of hydrogen-bond acceptors (Lipinski definition) is 8. The smallest absolute Gasteiger partial charge is 0.320 e. The summed E-state index contributed by atoms with van der Waals surface area (Å²) in [5, 5.41) is 20.4. The van der Waals surface area contributed by atoms with E-state index in [1.165, 1.54) is 6.33 Å². The molecule has 88 valence electrons. The fourth-order valence-electron chi connectivity index (χ4n) is 1.02. The highest BCUT2D eigenvalue weighted by molar-refractivity contribution is 7.99. The number of nitro groups is 1. The van der Waals surface area contributed by atoms with Crippen LogP contribution in [0.25, 0.3) is 0 Å². The number of anilines is 1. The molecule has 0 amide bonds. The lowest BCUT2D eigenvalue weighted by molar-refractivity contribution is -0.388. The van der Waals surface area contributed by atoms with E-state index in [0.717, 1.165) is 18.0 Å². The summed E-state index contributed by atoms with van der Waals surface area (Å²) in [5.74, 6) is 0.303. The highest BCUT2D eigenvalue weighted by Crippen LogP contribution is 2.30. The molecule has 0 bridgehead atoms. The summed E-state index contributed by atoms with van der Waals surface area (Å²) in [6.07, 6.45) is 2.46. The second-order valence-corrected chi connectivity index (χ2v) is 3.76. The molecule has 2 heterocycles. The van der Waals surface area contributed by atoms with E-state index in [9.17, 15) is 10.1 Å². The van der Waals surface area contributed by atoms with E-state index in [1.807, 2.05) is 0 Å². The molecule has 0 aliphatic heterocycles. The van der Waals surface area contributed by atoms with Crippen LogP contribution < -0.4 is 5.32 Å². The first-order valence-corrected chi connectivity index (χ1v) is 5.24. The van der Waals surface area contributed by atoms with Gasteiger partial charge >= 0.3 is 5.69 Å². The number of nitrogens with zero attached hydrogens (tertiary/aromatic N) is 5. The lowest BCUT2D eigenvalue weighted by Crippen LogP contribution is -2.01. The average Bonchev–Trinajstić information content (AvgIpc) is 2.81. The number of aromatic nitrogens is 5. The van der Waals surface area contributed by atoms with Crippen LogP contribution in [0, 0.1) is 10.1 Å². The molecule has 2 aromatic heterocycles. The molecule has 0 radical (unpaired) electrons. The highest BCUT2D eigenvalue weighted by Gasteiger charge is 2.19. The van der Waals surface area contributed by atoms with Gasteiger partial charge in [-0.15, -0.1) is 0 Å². The minimum absolute atomic E-state index is 0.176. The van der Waals surface area contributed by atoms with Gasteiger partial charge in [0.05, 0.1) is 4.92 Å². The predicted molar refractivity (Wildman–Crippen MR) is 58.7 cm³/mol. The lowest BCUT2D eigenvalue weighted by atomic mass is 10.5. The second kappa shape index (κ2) is 4.74. The van der Waals surface area contributed by atoms with E-state index < -0.39 is 4.92 Å². The molecule has 0 aliphatic rings. The molecule has 2 aromatic rings. The van der Waals surface area contributed by atoms with Crippen molar-refractivity contribution in [2.45, 2.75) is 10.2 Å². The van der Waals surface area contributed by atoms with Gasteiger partial charge in [-0.3, -0.25) is 15.2 Å². The zero-order valence-corrected chi connectivity index (χ0v) is 9.43. The van der Waals surface area contributed by atoms with E-state index in [2.05, 4.69) is 30.5 Å². The Kier molecular flexibility index (Phi) is 3.14. The van der Waals surface area contributed by atoms with Crippen molar-refractivity contribution >= 4 is 23.4 Å². The van der Waals surface area contributed by atoms with Gasteiger partial charge in [-0.05, 0) is 11.8 Å². The third kappa shape index (κ3) is 2.47. The van der Waals surface area contributed by atoms with Crippen LogP contribution in [0.5, 0.6) is 0 Å². The summed E-state index contributed by atoms with van der Waals surface area (Å²) in [5.41, 5.74) is -0.176. The Labute approximate surface area is 99.2 Å². The fourth-order valence-corrected chi connectivity index (χ4v) is 1.76. The Morgan fingerprint density at radius 3 is 2.94 bits per heavy atom. The quantitative estimate of drug-likeness (QED) is 0.463. The van der Waals surface area contributed by atoms with Gasteiger partial charge in [0.15, 0.2) is 10.2 Å². The summed E-state index contributed by atoms with van der Waals surface area (Å²) in [6.45, 7) is 0. The summed E-state index contributed by atoms with van der Waals surface area (Å²) in [6, 6.07) is 0. The molecule has 2 rings (SSSR count). The number of rotatable bonds is 4. The molecular weight excluding hydrogens is 246 g/mol. The number of aromatic amines is 1. The minimum atomic E-state index is -0.544. The third-order valence-electron chi connectivity index (χ3n) is 1.74. The third-order valence-corrected chi connectivity index (χ3v) is 2.63. The first-order valence-electron chi connectivity index (χ1n) is 4.43. The van der Waals surface area contributed by atoms with Crippen molar-refractivity contribution in [1.82, 2.24) is 25.1 Å². The van der Waals surface area contributed by atoms with Crippen molar-refractivity contribution in [3.63, 3.8) is 0 Å². The van der Waals surface area contributed by atoms with E-state index >= 15 is 0 Å². The summed E-state index contributed by atoms with van der Waals surface area (Å²) in [7, 11) is 1.63. The maximum Gasteiger partial charge on any atom is 0.320 e. The van der Waals surface area contributed by atoms with Gasteiger partial charge in [-0.1, -0.05) is 0 Å². The Morgan fingerprint density at radius 1 is 1.53 bits per heavy atom. The molecule has 0 aromatic carbocycles. The van der Waals surface area contributed by atoms with Crippen molar-refractivity contribution in [2.75, 3.05) is 12.4 Å².